The molecule has 2 aromatic carbocycles. The number of nitrogens with zero attached hydrogens (tertiary/aromatic N) is 3. The number of fused-ring (bicyclic) bond motifs is 5. The SMILES string of the molecule is CC1(C)c2ccccc2-n2c3ncccc3c3cc(-c4ccccn4)cc1c32. The maximum Gasteiger partial charge on any atom is 0.145 e. The molecule has 3 nitrogen and oxygen atoms in total. The van der Waals surface area contributed by atoms with Crippen LogP contribution in [-0.4, -0.2) is 14.5 Å². The number of rotatable bonds is 1. The average molecular weight is 361 g/mol. The summed E-state index contributed by atoms with van der Waals surface area (Å²) in [6.07, 6.45) is 3.74. The van der Waals surface area contributed by atoms with Gasteiger partial charge in [-0.3, -0.25) is 9.55 Å². The molecule has 0 saturated heterocycles. The van der Waals surface area contributed by atoms with Crippen LogP contribution in [-0.2, 0) is 5.41 Å². The van der Waals surface area contributed by atoms with Crippen LogP contribution in [0.1, 0.15) is 25.0 Å². The fraction of sp³-hybridized carbons (Fsp3) is 0.120. The summed E-state index contributed by atoms with van der Waals surface area (Å²) in [5.74, 6) is 0. The largest absolute Gasteiger partial charge is 0.293 e. The summed E-state index contributed by atoms with van der Waals surface area (Å²) in [6.45, 7) is 4.63. The van der Waals surface area contributed by atoms with E-state index >= 15 is 0 Å². The maximum absolute atomic E-state index is 4.76. The Kier molecular flexibility index (Phi) is 2.95. The third-order valence-electron chi connectivity index (χ3n) is 6.07. The van der Waals surface area contributed by atoms with Crippen LogP contribution in [0.5, 0.6) is 0 Å². The Morgan fingerprint density at radius 2 is 1.57 bits per heavy atom. The molecule has 0 spiro atoms. The number of aromatic nitrogens is 3. The van der Waals surface area contributed by atoms with E-state index in [9.17, 15) is 0 Å². The van der Waals surface area contributed by atoms with E-state index in [-0.39, 0.29) is 5.41 Å². The summed E-state index contributed by atoms with van der Waals surface area (Å²) in [6, 6.07) is 23.6. The number of hydrogen-bond donors (Lipinski definition) is 0. The van der Waals surface area contributed by atoms with Crippen molar-refractivity contribution in [1.82, 2.24) is 14.5 Å². The van der Waals surface area contributed by atoms with E-state index in [1.54, 1.807) is 0 Å². The summed E-state index contributed by atoms with van der Waals surface area (Å²) >= 11 is 0. The lowest BCUT2D eigenvalue weighted by Gasteiger charge is -2.34. The quantitative estimate of drug-likeness (QED) is 0.373. The van der Waals surface area contributed by atoms with Crippen molar-refractivity contribution in [1.29, 1.82) is 0 Å². The highest BCUT2D eigenvalue weighted by Gasteiger charge is 2.35. The van der Waals surface area contributed by atoms with Crippen molar-refractivity contribution < 1.29 is 0 Å². The lowest BCUT2D eigenvalue weighted by molar-refractivity contribution is 0.630. The van der Waals surface area contributed by atoms with Gasteiger partial charge >= 0.3 is 0 Å². The summed E-state index contributed by atoms with van der Waals surface area (Å²) in [7, 11) is 0. The molecule has 0 N–H and O–H groups in total. The molecule has 28 heavy (non-hydrogen) atoms. The Bertz CT molecular complexity index is 1380. The van der Waals surface area contributed by atoms with E-state index in [0.29, 0.717) is 0 Å². The van der Waals surface area contributed by atoms with Crippen LogP contribution in [0.2, 0.25) is 0 Å². The van der Waals surface area contributed by atoms with Crippen LogP contribution in [0, 0.1) is 0 Å². The first-order chi connectivity index (χ1) is 13.7. The molecule has 0 amide bonds. The monoisotopic (exact) mass is 361 g/mol. The third kappa shape index (κ3) is 1.88. The smallest absolute Gasteiger partial charge is 0.145 e. The minimum atomic E-state index is -0.107. The van der Waals surface area contributed by atoms with Crippen molar-refractivity contribution in [3.05, 3.63) is 90.3 Å². The number of benzene rings is 2. The van der Waals surface area contributed by atoms with Gasteiger partial charge in [-0.25, -0.2) is 4.98 Å². The standard InChI is InChI=1S/C25H19N3/c1-25(2)19-9-3-4-11-22(19)28-23-18(17-8-7-13-27-24(17)28)14-16(15-20(23)25)21-10-5-6-12-26-21/h3-15H,1-2H3. The van der Waals surface area contributed by atoms with E-state index in [2.05, 4.69) is 71.9 Å². The Balaban J connectivity index is 1.86. The van der Waals surface area contributed by atoms with Gasteiger partial charge in [-0.1, -0.05) is 38.1 Å². The van der Waals surface area contributed by atoms with Crippen LogP contribution >= 0.6 is 0 Å². The van der Waals surface area contributed by atoms with Crippen molar-refractivity contribution in [2.75, 3.05) is 0 Å². The molecule has 0 bridgehead atoms. The molecular weight excluding hydrogens is 342 g/mol. The third-order valence-corrected chi connectivity index (χ3v) is 6.07. The summed E-state index contributed by atoms with van der Waals surface area (Å²) in [4.78, 5) is 9.37. The molecule has 0 fully saturated rings. The van der Waals surface area contributed by atoms with Crippen molar-refractivity contribution in [2.45, 2.75) is 19.3 Å². The van der Waals surface area contributed by atoms with Crippen molar-refractivity contribution in [3.8, 4) is 16.9 Å². The second-order valence-electron chi connectivity index (χ2n) is 7.99. The van der Waals surface area contributed by atoms with Gasteiger partial charge in [0.05, 0.1) is 16.9 Å². The fourth-order valence-electron chi connectivity index (χ4n) is 4.71. The average Bonchev–Trinajstić information content (AvgIpc) is 3.07. The number of para-hydroxylation sites is 1. The van der Waals surface area contributed by atoms with Crippen molar-refractivity contribution in [2.24, 2.45) is 0 Å². The van der Waals surface area contributed by atoms with Crippen molar-refractivity contribution >= 4 is 21.9 Å². The number of pyridine rings is 2. The first-order valence-corrected chi connectivity index (χ1v) is 9.61. The molecule has 4 heterocycles. The Labute approximate surface area is 163 Å². The Morgan fingerprint density at radius 1 is 0.750 bits per heavy atom. The highest BCUT2D eigenvalue weighted by molar-refractivity contribution is 6.11. The van der Waals surface area contributed by atoms with Crippen molar-refractivity contribution in [3.63, 3.8) is 0 Å². The molecule has 1 aliphatic heterocycles. The Hall–Kier alpha value is -3.46. The van der Waals surface area contributed by atoms with Gasteiger partial charge in [-0.2, -0.15) is 0 Å². The van der Waals surface area contributed by atoms with Gasteiger partial charge in [0.2, 0.25) is 0 Å². The summed E-state index contributed by atoms with van der Waals surface area (Å²) < 4.78 is 2.34. The Morgan fingerprint density at radius 3 is 2.43 bits per heavy atom. The molecule has 0 atom stereocenters. The van der Waals surface area contributed by atoms with Crippen LogP contribution < -0.4 is 0 Å². The summed E-state index contributed by atoms with van der Waals surface area (Å²) in [5, 5.41) is 2.42. The van der Waals surface area contributed by atoms with Gasteiger partial charge < -0.3 is 0 Å². The zero-order chi connectivity index (χ0) is 18.9. The maximum atomic E-state index is 4.76. The predicted molar refractivity (Wildman–Crippen MR) is 114 cm³/mol. The normalized spacial score (nSPS) is 14.4. The van der Waals surface area contributed by atoms with Gasteiger partial charge in [-0.15, -0.1) is 0 Å². The van der Waals surface area contributed by atoms with Gasteiger partial charge in [0.25, 0.3) is 0 Å². The highest BCUT2D eigenvalue weighted by atomic mass is 15.1. The molecule has 1 aliphatic rings. The molecule has 134 valence electrons. The molecule has 0 aliphatic carbocycles. The summed E-state index contributed by atoms with van der Waals surface area (Å²) in [5.41, 5.74) is 8.19. The molecule has 3 aromatic heterocycles. The van der Waals surface area contributed by atoms with Gasteiger partial charge in [-0.05, 0) is 53.6 Å². The first kappa shape index (κ1) is 15.6. The lowest BCUT2D eigenvalue weighted by Crippen LogP contribution is -2.26. The lowest BCUT2D eigenvalue weighted by atomic mass is 9.74. The minimum absolute atomic E-state index is 0.107. The van der Waals surface area contributed by atoms with E-state index in [1.807, 2.05) is 30.6 Å². The second kappa shape index (κ2) is 5.29. The molecule has 6 rings (SSSR count). The molecule has 5 aromatic rings. The molecule has 0 saturated carbocycles. The zero-order valence-electron chi connectivity index (χ0n) is 15.8. The minimum Gasteiger partial charge on any atom is -0.293 e. The van der Waals surface area contributed by atoms with E-state index in [0.717, 1.165) is 16.9 Å². The molecule has 0 unspecified atom stereocenters. The second-order valence-corrected chi connectivity index (χ2v) is 7.99. The van der Waals surface area contributed by atoms with E-state index in [1.165, 1.54) is 33.1 Å². The first-order valence-electron chi connectivity index (χ1n) is 9.61. The van der Waals surface area contributed by atoms with Gasteiger partial charge in [0, 0.05) is 34.1 Å². The fourth-order valence-corrected chi connectivity index (χ4v) is 4.71. The zero-order valence-corrected chi connectivity index (χ0v) is 15.8. The highest BCUT2D eigenvalue weighted by Crippen LogP contribution is 2.48. The van der Waals surface area contributed by atoms with E-state index < -0.39 is 0 Å². The molecular formula is C25H19N3. The predicted octanol–water partition coefficient (Wildman–Crippen LogP) is 5.88. The molecule has 0 radical (unpaired) electrons. The molecule has 3 heteroatoms. The van der Waals surface area contributed by atoms with Crippen LogP contribution in [0.3, 0.4) is 0 Å². The van der Waals surface area contributed by atoms with Crippen LogP contribution in [0.4, 0.5) is 0 Å². The van der Waals surface area contributed by atoms with Crippen LogP contribution in [0.15, 0.2) is 79.1 Å². The van der Waals surface area contributed by atoms with E-state index in [4.69, 9.17) is 4.98 Å². The number of hydrogen-bond acceptors (Lipinski definition) is 2. The van der Waals surface area contributed by atoms with Gasteiger partial charge in [0.15, 0.2) is 0 Å². The topological polar surface area (TPSA) is 30.7 Å². The van der Waals surface area contributed by atoms with Crippen LogP contribution in [0.25, 0.3) is 38.9 Å². The van der Waals surface area contributed by atoms with Gasteiger partial charge in [0.1, 0.15) is 5.65 Å².